The molecule has 0 aliphatic carbocycles. The Morgan fingerprint density at radius 1 is 1.17 bits per heavy atom. The van der Waals surface area contributed by atoms with E-state index in [4.69, 9.17) is 21.1 Å². The number of nitrogens with one attached hydrogen (secondary N) is 1. The number of carbonyl (C=O) groups excluding carboxylic acids is 1. The van der Waals surface area contributed by atoms with Gasteiger partial charge in [-0.15, -0.1) is 0 Å². The van der Waals surface area contributed by atoms with Crippen molar-refractivity contribution in [1.82, 2.24) is 0 Å². The molecule has 0 aliphatic heterocycles. The fourth-order valence-electron chi connectivity index (χ4n) is 1.95. The largest absolute Gasteiger partial charge is 0.491 e. The number of anilines is 1. The van der Waals surface area contributed by atoms with Crippen LogP contribution in [-0.4, -0.2) is 19.1 Å². The van der Waals surface area contributed by atoms with Crippen LogP contribution in [0.25, 0.3) is 0 Å². The van der Waals surface area contributed by atoms with Gasteiger partial charge in [-0.25, -0.2) is 0 Å². The van der Waals surface area contributed by atoms with Gasteiger partial charge in [-0.3, -0.25) is 4.79 Å². The molecule has 0 aromatic heterocycles. The molecule has 0 fully saturated rings. The maximum absolute atomic E-state index is 12.0. The van der Waals surface area contributed by atoms with Gasteiger partial charge in [0.15, 0.2) is 6.61 Å². The first-order valence-corrected chi connectivity index (χ1v) is 7.88. The van der Waals surface area contributed by atoms with E-state index in [-0.39, 0.29) is 12.5 Å². The van der Waals surface area contributed by atoms with E-state index in [1.807, 2.05) is 32.0 Å². The Bertz CT molecular complexity index is 673. The van der Waals surface area contributed by atoms with Gasteiger partial charge in [-0.2, -0.15) is 0 Å². The van der Waals surface area contributed by atoms with Crippen LogP contribution in [0.3, 0.4) is 0 Å². The predicted molar refractivity (Wildman–Crippen MR) is 92.5 cm³/mol. The second kappa shape index (κ2) is 8.44. The topological polar surface area (TPSA) is 47.6 Å². The third-order valence-electron chi connectivity index (χ3n) is 3.12. The standard InChI is InChI=1S/C18H20ClNO3/c1-3-10-22-17-7-5-4-6-16(17)20-18(21)12-23-14-8-9-15(19)13(2)11-14/h4-9,11H,3,10,12H2,1-2H3,(H,20,21). The van der Waals surface area contributed by atoms with Crippen molar-refractivity contribution in [2.75, 3.05) is 18.5 Å². The second-order valence-electron chi connectivity index (χ2n) is 5.09. The zero-order chi connectivity index (χ0) is 16.7. The van der Waals surface area contributed by atoms with Crippen LogP contribution in [0.2, 0.25) is 5.02 Å². The molecule has 0 unspecified atom stereocenters. The van der Waals surface area contributed by atoms with Crippen molar-refractivity contribution in [1.29, 1.82) is 0 Å². The number of hydrogen-bond donors (Lipinski definition) is 1. The molecule has 5 heteroatoms. The molecule has 0 atom stereocenters. The minimum absolute atomic E-state index is 0.0802. The molecule has 0 bridgehead atoms. The van der Waals surface area contributed by atoms with Gasteiger partial charge in [-0.1, -0.05) is 30.7 Å². The molecule has 1 N–H and O–H groups in total. The first-order valence-electron chi connectivity index (χ1n) is 7.50. The van der Waals surface area contributed by atoms with Gasteiger partial charge in [0.1, 0.15) is 11.5 Å². The Balaban J connectivity index is 1.93. The summed E-state index contributed by atoms with van der Waals surface area (Å²) in [7, 11) is 0. The third-order valence-corrected chi connectivity index (χ3v) is 3.55. The smallest absolute Gasteiger partial charge is 0.262 e. The number of carbonyl (C=O) groups is 1. The molecule has 0 heterocycles. The molecular weight excluding hydrogens is 314 g/mol. The van der Waals surface area contributed by atoms with Crippen LogP contribution >= 0.6 is 11.6 Å². The van der Waals surface area contributed by atoms with Crippen molar-refractivity contribution >= 4 is 23.2 Å². The number of ether oxygens (including phenoxy) is 2. The molecule has 0 saturated heterocycles. The lowest BCUT2D eigenvalue weighted by molar-refractivity contribution is -0.118. The van der Waals surface area contributed by atoms with Gasteiger partial charge < -0.3 is 14.8 Å². The number of amides is 1. The van der Waals surface area contributed by atoms with Crippen molar-refractivity contribution in [3.63, 3.8) is 0 Å². The lowest BCUT2D eigenvalue weighted by Gasteiger charge is -2.12. The Morgan fingerprint density at radius 2 is 1.96 bits per heavy atom. The zero-order valence-corrected chi connectivity index (χ0v) is 14.0. The molecule has 2 aromatic rings. The van der Waals surface area contributed by atoms with Gasteiger partial charge >= 0.3 is 0 Å². The lowest BCUT2D eigenvalue weighted by Crippen LogP contribution is -2.20. The maximum atomic E-state index is 12.0. The monoisotopic (exact) mass is 333 g/mol. The minimum Gasteiger partial charge on any atom is -0.491 e. The van der Waals surface area contributed by atoms with Crippen LogP contribution in [-0.2, 0) is 4.79 Å². The number of rotatable bonds is 7. The van der Waals surface area contributed by atoms with Crippen LogP contribution in [0.4, 0.5) is 5.69 Å². The highest BCUT2D eigenvalue weighted by Crippen LogP contribution is 2.24. The summed E-state index contributed by atoms with van der Waals surface area (Å²) < 4.78 is 11.1. The predicted octanol–water partition coefficient (Wildman–Crippen LogP) is 4.45. The number of benzene rings is 2. The quantitative estimate of drug-likeness (QED) is 0.814. The van der Waals surface area contributed by atoms with E-state index in [1.165, 1.54) is 0 Å². The number of aryl methyl sites for hydroxylation is 1. The van der Waals surface area contributed by atoms with Crippen LogP contribution < -0.4 is 14.8 Å². The summed E-state index contributed by atoms with van der Waals surface area (Å²) in [5.41, 5.74) is 1.55. The first-order chi connectivity index (χ1) is 11.1. The minimum atomic E-state index is -0.245. The first kappa shape index (κ1) is 17.2. The summed E-state index contributed by atoms with van der Waals surface area (Å²) in [4.78, 5) is 12.0. The fraction of sp³-hybridized carbons (Fsp3) is 0.278. The number of hydrogen-bond acceptors (Lipinski definition) is 3. The van der Waals surface area contributed by atoms with E-state index in [1.54, 1.807) is 24.3 Å². The summed E-state index contributed by atoms with van der Waals surface area (Å²) in [6.07, 6.45) is 0.904. The van der Waals surface area contributed by atoms with Gasteiger partial charge in [0.2, 0.25) is 0 Å². The average Bonchev–Trinajstić information content (AvgIpc) is 2.55. The summed E-state index contributed by atoms with van der Waals surface area (Å²) >= 11 is 5.96. The van der Waals surface area contributed by atoms with Gasteiger partial charge in [0.05, 0.1) is 12.3 Å². The Morgan fingerprint density at radius 3 is 2.70 bits per heavy atom. The number of halogens is 1. The van der Waals surface area contributed by atoms with E-state index < -0.39 is 0 Å². The van der Waals surface area contributed by atoms with E-state index in [0.29, 0.717) is 28.8 Å². The van der Waals surface area contributed by atoms with Crippen molar-refractivity contribution in [2.24, 2.45) is 0 Å². The van der Waals surface area contributed by atoms with Crippen molar-refractivity contribution in [3.8, 4) is 11.5 Å². The number of para-hydroxylation sites is 2. The summed E-state index contributed by atoms with van der Waals surface area (Å²) in [6, 6.07) is 12.6. The average molecular weight is 334 g/mol. The molecule has 2 rings (SSSR count). The normalized spacial score (nSPS) is 10.2. The highest BCUT2D eigenvalue weighted by Gasteiger charge is 2.08. The molecule has 0 saturated carbocycles. The molecule has 122 valence electrons. The van der Waals surface area contributed by atoms with E-state index in [0.717, 1.165) is 12.0 Å². The SMILES string of the molecule is CCCOc1ccccc1NC(=O)COc1ccc(Cl)c(C)c1. The lowest BCUT2D eigenvalue weighted by atomic mass is 10.2. The van der Waals surface area contributed by atoms with Gasteiger partial charge in [0, 0.05) is 5.02 Å². The third kappa shape index (κ3) is 5.18. The Hall–Kier alpha value is -2.20. The van der Waals surface area contributed by atoms with E-state index in [9.17, 15) is 4.79 Å². The Kier molecular flexibility index (Phi) is 6.29. The summed E-state index contributed by atoms with van der Waals surface area (Å²) in [5, 5.41) is 3.47. The van der Waals surface area contributed by atoms with Gasteiger partial charge in [0.25, 0.3) is 5.91 Å². The van der Waals surface area contributed by atoms with Crippen LogP contribution in [0, 0.1) is 6.92 Å². The van der Waals surface area contributed by atoms with E-state index in [2.05, 4.69) is 5.32 Å². The summed E-state index contributed by atoms with van der Waals surface area (Å²) in [6.45, 7) is 4.44. The molecular formula is C18H20ClNO3. The van der Waals surface area contributed by atoms with Crippen LogP contribution in [0.15, 0.2) is 42.5 Å². The molecule has 0 radical (unpaired) electrons. The van der Waals surface area contributed by atoms with Crippen molar-refractivity contribution in [2.45, 2.75) is 20.3 Å². The molecule has 4 nitrogen and oxygen atoms in total. The molecule has 1 amide bonds. The zero-order valence-electron chi connectivity index (χ0n) is 13.3. The van der Waals surface area contributed by atoms with Gasteiger partial charge in [-0.05, 0) is 49.2 Å². The van der Waals surface area contributed by atoms with E-state index >= 15 is 0 Å². The molecule has 0 aliphatic rings. The highest BCUT2D eigenvalue weighted by molar-refractivity contribution is 6.31. The highest BCUT2D eigenvalue weighted by atomic mass is 35.5. The molecule has 23 heavy (non-hydrogen) atoms. The fourth-order valence-corrected chi connectivity index (χ4v) is 2.07. The molecule has 0 spiro atoms. The van der Waals surface area contributed by atoms with Crippen molar-refractivity contribution in [3.05, 3.63) is 53.1 Å². The van der Waals surface area contributed by atoms with Crippen LogP contribution in [0.1, 0.15) is 18.9 Å². The van der Waals surface area contributed by atoms with Crippen LogP contribution in [0.5, 0.6) is 11.5 Å². The second-order valence-corrected chi connectivity index (χ2v) is 5.50. The Labute approximate surface area is 141 Å². The van der Waals surface area contributed by atoms with Crippen molar-refractivity contribution < 1.29 is 14.3 Å². The molecule has 2 aromatic carbocycles. The maximum Gasteiger partial charge on any atom is 0.262 e. The summed E-state index contributed by atoms with van der Waals surface area (Å²) in [5.74, 6) is 1.02.